The number of nitrogens with one attached hydrogen (secondary N) is 2. The van der Waals surface area contributed by atoms with Crippen LogP contribution in [0.15, 0.2) is 47.4 Å². The number of fused-ring (bicyclic) bond motifs is 1. The Morgan fingerprint density at radius 1 is 1.04 bits per heavy atom. The maximum absolute atomic E-state index is 12.4. The summed E-state index contributed by atoms with van der Waals surface area (Å²) in [6.45, 7) is 5.31. The smallest absolute Gasteiger partial charge is 0.307 e. The molecule has 0 spiro atoms. The predicted molar refractivity (Wildman–Crippen MR) is 107 cm³/mol. The Hall–Kier alpha value is -2.45. The lowest BCUT2D eigenvalue weighted by Crippen LogP contribution is -2.38. The van der Waals surface area contributed by atoms with Crippen LogP contribution in [0.4, 0.5) is 0 Å². The molecule has 152 valence electrons. The molecule has 0 saturated heterocycles. The molecule has 1 atom stereocenters. The van der Waals surface area contributed by atoms with E-state index in [1.54, 1.807) is 12.1 Å². The number of carbonyl (C=O) groups excluding carboxylic acids is 2. The highest BCUT2D eigenvalue weighted by atomic mass is 32.2. The SMILES string of the molecule is CC(C)[C@H](C)NC(=O)COC(=O)CCNS(=O)(=O)c1ccc2ccccc2c1. The first kappa shape index (κ1) is 21.8. The van der Waals surface area contributed by atoms with Gasteiger partial charge in [-0.2, -0.15) is 0 Å². The normalized spacial score (nSPS) is 12.7. The minimum absolute atomic E-state index is 0.0278. The van der Waals surface area contributed by atoms with Crippen LogP contribution < -0.4 is 10.0 Å². The van der Waals surface area contributed by atoms with Crippen molar-refractivity contribution in [1.29, 1.82) is 0 Å². The molecule has 0 bridgehead atoms. The zero-order chi connectivity index (χ0) is 20.7. The van der Waals surface area contributed by atoms with E-state index in [2.05, 4.69) is 10.0 Å². The molecule has 0 fully saturated rings. The summed E-state index contributed by atoms with van der Waals surface area (Å²) in [5.74, 6) is -0.760. The van der Waals surface area contributed by atoms with Gasteiger partial charge >= 0.3 is 5.97 Å². The van der Waals surface area contributed by atoms with E-state index < -0.39 is 16.0 Å². The average molecular weight is 407 g/mol. The van der Waals surface area contributed by atoms with Crippen LogP contribution >= 0.6 is 0 Å². The van der Waals surface area contributed by atoms with E-state index in [0.29, 0.717) is 0 Å². The second-order valence-corrected chi connectivity index (χ2v) is 8.68. The van der Waals surface area contributed by atoms with E-state index in [-0.39, 0.29) is 42.3 Å². The highest BCUT2D eigenvalue weighted by molar-refractivity contribution is 7.89. The molecule has 0 aliphatic heterocycles. The summed E-state index contributed by atoms with van der Waals surface area (Å²) >= 11 is 0. The first-order valence-corrected chi connectivity index (χ1v) is 10.6. The molecule has 0 saturated carbocycles. The largest absolute Gasteiger partial charge is 0.456 e. The monoisotopic (exact) mass is 406 g/mol. The van der Waals surface area contributed by atoms with Crippen LogP contribution in [0.2, 0.25) is 0 Å². The van der Waals surface area contributed by atoms with Crippen molar-refractivity contribution >= 4 is 32.7 Å². The van der Waals surface area contributed by atoms with E-state index in [0.717, 1.165) is 10.8 Å². The number of rotatable bonds is 9. The summed E-state index contributed by atoms with van der Waals surface area (Å²) < 4.78 is 32.0. The quantitative estimate of drug-likeness (QED) is 0.622. The lowest BCUT2D eigenvalue weighted by atomic mass is 10.1. The first-order chi connectivity index (χ1) is 13.2. The number of sulfonamides is 1. The van der Waals surface area contributed by atoms with E-state index in [9.17, 15) is 18.0 Å². The summed E-state index contributed by atoms with van der Waals surface area (Å²) in [5, 5.41) is 4.47. The molecular weight excluding hydrogens is 380 g/mol. The van der Waals surface area contributed by atoms with Crippen molar-refractivity contribution < 1.29 is 22.7 Å². The van der Waals surface area contributed by atoms with Gasteiger partial charge in [-0.1, -0.05) is 44.2 Å². The van der Waals surface area contributed by atoms with Gasteiger partial charge in [-0.3, -0.25) is 9.59 Å². The third-order valence-electron chi connectivity index (χ3n) is 4.41. The molecule has 0 aromatic heterocycles. The van der Waals surface area contributed by atoms with Crippen molar-refractivity contribution in [2.24, 2.45) is 5.92 Å². The second-order valence-electron chi connectivity index (χ2n) is 6.92. The Morgan fingerprint density at radius 2 is 1.71 bits per heavy atom. The van der Waals surface area contributed by atoms with Crippen LogP contribution in [-0.4, -0.2) is 39.5 Å². The van der Waals surface area contributed by atoms with Crippen LogP contribution in [0.5, 0.6) is 0 Å². The minimum atomic E-state index is -3.74. The second kappa shape index (κ2) is 9.66. The van der Waals surface area contributed by atoms with Gasteiger partial charge in [0.2, 0.25) is 10.0 Å². The Morgan fingerprint density at radius 3 is 2.39 bits per heavy atom. The number of benzene rings is 2. The van der Waals surface area contributed by atoms with Gasteiger partial charge in [-0.05, 0) is 35.7 Å². The van der Waals surface area contributed by atoms with E-state index in [1.807, 2.05) is 45.0 Å². The lowest BCUT2D eigenvalue weighted by molar-refractivity contribution is -0.148. The number of hydrogen-bond acceptors (Lipinski definition) is 5. The zero-order valence-electron chi connectivity index (χ0n) is 16.3. The van der Waals surface area contributed by atoms with E-state index >= 15 is 0 Å². The van der Waals surface area contributed by atoms with Gasteiger partial charge in [0.1, 0.15) is 0 Å². The number of ether oxygens (including phenoxy) is 1. The molecule has 0 aliphatic rings. The van der Waals surface area contributed by atoms with Crippen LogP contribution in [0.25, 0.3) is 10.8 Å². The number of amides is 1. The Balaban J connectivity index is 1.81. The molecule has 0 unspecified atom stereocenters. The van der Waals surface area contributed by atoms with Crippen LogP contribution in [-0.2, 0) is 24.3 Å². The number of esters is 1. The zero-order valence-corrected chi connectivity index (χ0v) is 17.1. The van der Waals surface area contributed by atoms with Crippen LogP contribution in [0, 0.1) is 5.92 Å². The standard InChI is InChI=1S/C20H26N2O5S/c1-14(2)15(3)22-19(23)13-27-20(24)10-11-21-28(25,26)18-9-8-16-6-4-5-7-17(16)12-18/h4-9,12,14-15,21H,10-11,13H2,1-3H3,(H,22,23)/t15-/m0/s1. The molecule has 0 aliphatic carbocycles. The van der Waals surface area contributed by atoms with Crippen molar-refractivity contribution in [3.8, 4) is 0 Å². The van der Waals surface area contributed by atoms with E-state index in [4.69, 9.17) is 4.74 Å². The summed E-state index contributed by atoms with van der Waals surface area (Å²) in [7, 11) is -3.74. The summed E-state index contributed by atoms with van der Waals surface area (Å²) in [4.78, 5) is 23.5. The van der Waals surface area contributed by atoms with Crippen molar-refractivity contribution in [3.63, 3.8) is 0 Å². The summed E-state index contributed by atoms with van der Waals surface area (Å²) in [6.07, 6.45) is -0.167. The van der Waals surface area contributed by atoms with Crippen molar-refractivity contribution in [1.82, 2.24) is 10.0 Å². The van der Waals surface area contributed by atoms with Gasteiger partial charge in [0, 0.05) is 12.6 Å². The fourth-order valence-electron chi connectivity index (χ4n) is 2.39. The molecule has 1 amide bonds. The van der Waals surface area contributed by atoms with Crippen LogP contribution in [0.1, 0.15) is 27.2 Å². The van der Waals surface area contributed by atoms with Crippen molar-refractivity contribution in [2.75, 3.05) is 13.2 Å². The topological polar surface area (TPSA) is 102 Å². The third-order valence-corrected chi connectivity index (χ3v) is 5.86. The lowest BCUT2D eigenvalue weighted by Gasteiger charge is -2.17. The minimum Gasteiger partial charge on any atom is -0.456 e. The van der Waals surface area contributed by atoms with Crippen LogP contribution in [0.3, 0.4) is 0 Å². The van der Waals surface area contributed by atoms with Gasteiger partial charge in [0.15, 0.2) is 6.61 Å². The highest BCUT2D eigenvalue weighted by Crippen LogP contribution is 2.18. The van der Waals surface area contributed by atoms with Gasteiger partial charge in [-0.25, -0.2) is 13.1 Å². The van der Waals surface area contributed by atoms with Crippen molar-refractivity contribution in [3.05, 3.63) is 42.5 Å². The Bertz CT molecular complexity index is 941. The maximum Gasteiger partial charge on any atom is 0.307 e. The molecule has 2 N–H and O–H groups in total. The molecule has 0 radical (unpaired) electrons. The molecule has 7 nitrogen and oxygen atoms in total. The number of hydrogen-bond donors (Lipinski definition) is 2. The summed E-state index contributed by atoms with van der Waals surface area (Å²) in [6, 6.07) is 12.2. The van der Waals surface area contributed by atoms with E-state index in [1.165, 1.54) is 6.07 Å². The van der Waals surface area contributed by atoms with Gasteiger partial charge in [-0.15, -0.1) is 0 Å². The van der Waals surface area contributed by atoms with Crippen molar-refractivity contribution in [2.45, 2.75) is 38.1 Å². The average Bonchev–Trinajstić information content (AvgIpc) is 2.65. The third kappa shape index (κ3) is 6.31. The summed E-state index contributed by atoms with van der Waals surface area (Å²) in [5.41, 5.74) is 0. The molecule has 2 rings (SSSR count). The Labute approximate surface area is 165 Å². The van der Waals surface area contributed by atoms with Gasteiger partial charge in [0.05, 0.1) is 11.3 Å². The highest BCUT2D eigenvalue weighted by Gasteiger charge is 2.16. The Kier molecular flexibility index (Phi) is 7.53. The molecule has 8 heteroatoms. The molecule has 0 heterocycles. The number of carbonyl (C=O) groups is 2. The molecule has 28 heavy (non-hydrogen) atoms. The molecule has 2 aromatic carbocycles. The predicted octanol–water partition coefficient (Wildman–Crippen LogP) is 2.21. The first-order valence-electron chi connectivity index (χ1n) is 9.12. The fraction of sp³-hybridized carbons (Fsp3) is 0.400. The van der Waals surface area contributed by atoms with Gasteiger partial charge in [0.25, 0.3) is 5.91 Å². The molecular formula is C20H26N2O5S. The fourth-order valence-corrected chi connectivity index (χ4v) is 3.45. The van der Waals surface area contributed by atoms with Gasteiger partial charge < -0.3 is 10.1 Å². The molecule has 2 aromatic rings. The maximum atomic E-state index is 12.4.